The van der Waals surface area contributed by atoms with Gasteiger partial charge in [-0.15, -0.1) is 16.4 Å². The van der Waals surface area contributed by atoms with Gasteiger partial charge in [-0.3, -0.25) is 4.79 Å². The van der Waals surface area contributed by atoms with Crippen LogP contribution in [0.3, 0.4) is 0 Å². The van der Waals surface area contributed by atoms with Crippen molar-refractivity contribution in [3.8, 4) is 11.4 Å². The molecule has 0 saturated heterocycles. The predicted molar refractivity (Wildman–Crippen MR) is 104 cm³/mol. The SMILES string of the molecule is CC(C)(C)c1ccc(-c2nc3s/c(=C\c4cccs4)c(=O)n3n2)cc1. The number of thiazole rings is 1. The van der Waals surface area contributed by atoms with Gasteiger partial charge in [-0.25, -0.2) is 0 Å². The summed E-state index contributed by atoms with van der Waals surface area (Å²) in [5, 5.41) is 6.40. The lowest BCUT2D eigenvalue weighted by Crippen LogP contribution is -2.23. The van der Waals surface area contributed by atoms with E-state index in [0.717, 1.165) is 10.4 Å². The number of fused-ring (bicyclic) bond motifs is 1. The zero-order valence-electron chi connectivity index (χ0n) is 14.2. The lowest BCUT2D eigenvalue weighted by Gasteiger charge is -2.18. The Morgan fingerprint density at radius 3 is 2.48 bits per heavy atom. The molecule has 0 spiro atoms. The number of hydrogen-bond acceptors (Lipinski definition) is 5. The summed E-state index contributed by atoms with van der Waals surface area (Å²) in [4.78, 5) is 18.8. The average Bonchev–Trinajstić information content (AvgIpc) is 3.27. The number of nitrogens with zero attached hydrogens (tertiary/aromatic N) is 3. The van der Waals surface area contributed by atoms with Gasteiger partial charge in [0.1, 0.15) is 0 Å². The first-order valence-electron chi connectivity index (χ1n) is 7.97. The second-order valence-corrected chi connectivity index (χ2v) is 8.88. The quantitative estimate of drug-likeness (QED) is 0.542. The van der Waals surface area contributed by atoms with Crippen LogP contribution >= 0.6 is 22.7 Å². The summed E-state index contributed by atoms with van der Waals surface area (Å²) in [6.07, 6.45) is 1.89. The first kappa shape index (κ1) is 16.2. The Kier molecular flexibility index (Phi) is 3.81. The maximum absolute atomic E-state index is 12.5. The molecule has 0 N–H and O–H groups in total. The predicted octanol–water partition coefficient (Wildman–Crippen LogP) is 3.72. The number of benzene rings is 1. The molecule has 3 aromatic heterocycles. The van der Waals surface area contributed by atoms with Gasteiger partial charge in [0.25, 0.3) is 5.56 Å². The highest BCUT2D eigenvalue weighted by atomic mass is 32.1. The molecule has 0 atom stereocenters. The number of thiophene rings is 1. The summed E-state index contributed by atoms with van der Waals surface area (Å²) in [6.45, 7) is 6.55. The third-order valence-electron chi connectivity index (χ3n) is 4.01. The first-order chi connectivity index (χ1) is 11.9. The van der Waals surface area contributed by atoms with Crippen molar-refractivity contribution in [1.29, 1.82) is 0 Å². The van der Waals surface area contributed by atoms with E-state index in [1.807, 2.05) is 35.7 Å². The Balaban J connectivity index is 1.75. The summed E-state index contributed by atoms with van der Waals surface area (Å²) in [6, 6.07) is 12.2. The average molecular weight is 367 g/mol. The molecule has 4 nitrogen and oxygen atoms in total. The molecule has 0 unspecified atom stereocenters. The van der Waals surface area contributed by atoms with Crippen molar-refractivity contribution in [1.82, 2.24) is 14.6 Å². The molecule has 1 aromatic carbocycles. The van der Waals surface area contributed by atoms with Gasteiger partial charge in [-0.05, 0) is 28.5 Å². The minimum atomic E-state index is -0.113. The zero-order valence-corrected chi connectivity index (χ0v) is 15.8. The molecule has 0 fully saturated rings. The largest absolute Gasteiger partial charge is 0.291 e. The standard InChI is InChI=1S/C19H17N3OS2/c1-19(2,3)13-8-6-12(7-9-13)16-20-18-22(21-16)17(23)15(25-18)11-14-5-4-10-24-14/h4-11H,1-3H3/b15-11-. The van der Waals surface area contributed by atoms with E-state index in [1.54, 1.807) is 11.3 Å². The Bertz CT molecular complexity index is 1130. The summed E-state index contributed by atoms with van der Waals surface area (Å²) in [7, 11) is 0. The molecular formula is C19H17N3OS2. The van der Waals surface area contributed by atoms with Gasteiger partial charge < -0.3 is 0 Å². The van der Waals surface area contributed by atoms with Gasteiger partial charge in [-0.1, -0.05) is 62.4 Å². The molecular weight excluding hydrogens is 350 g/mol. The van der Waals surface area contributed by atoms with Crippen molar-refractivity contribution in [3.63, 3.8) is 0 Å². The summed E-state index contributed by atoms with van der Waals surface area (Å²) in [5.41, 5.74) is 2.18. The summed E-state index contributed by atoms with van der Waals surface area (Å²) >= 11 is 2.98. The van der Waals surface area contributed by atoms with E-state index in [1.165, 1.54) is 21.4 Å². The number of hydrogen-bond donors (Lipinski definition) is 0. The molecule has 0 saturated carbocycles. The van der Waals surface area contributed by atoms with E-state index in [0.29, 0.717) is 15.3 Å². The van der Waals surface area contributed by atoms with Crippen LogP contribution < -0.4 is 10.1 Å². The monoisotopic (exact) mass is 367 g/mol. The van der Waals surface area contributed by atoms with Crippen LogP contribution in [0.1, 0.15) is 31.2 Å². The molecule has 0 bridgehead atoms. The Labute approximate surface area is 153 Å². The molecule has 6 heteroatoms. The van der Waals surface area contributed by atoms with Gasteiger partial charge in [0.05, 0.1) is 4.53 Å². The lowest BCUT2D eigenvalue weighted by molar-refractivity contribution is 0.590. The van der Waals surface area contributed by atoms with Crippen LogP contribution in [-0.2, 0) is 5.41 Å². The van der Waals surface area contributed by atoms with Crippen LogP contribution in [-0.4, -0.2) is 14.6 Å². The Morgan fingerprint density at radius 2 is 1.88 bits per heavy atom. The summed E-state index contributed by atoms with van der Waals surface area (Å²) < 4.78 is 2.06. The second kappa shape index (κ2) is 5.89. The van der Waals surface area contributed by atoms with Crippen molar-refractivity contribution in [2.75, 3.05) is 0 Å². The first-order valence-corrected chi connectivity index (χ1v) is 9.67. The highest BCUT2D eigenvalue weighted by molar-refractivity contribution is 7.15. The van der Waals surface area contributed by atoms with Gasteiger partial charge in [-0.2, -0.15) is 9.50 Å². The van der Waals surface area contributed by atoms with Crippen LogP contribution in [0, 0.1) is 0 Å². The van der Waals surface area contributed by atoms with Gasteiger partial charge in [0.15, 0.2) is 5.82 Å². The van der Waals surface area contributed by atoms with E-state index < -0.39 is 0 Å². The molecule has 0 radical (unpaired) electrons. The highest BCUT2D eigenvalue weighted by Gasteiger charge is 2.15. The third kappa shape index (κ3) is 3.03. The molecule has 0 aliphatic heterocycles. The van der Waals surface area contributed by atoms with E-state index in [-0.39, 0.29) is 11.0 Å². The van der Waals surface area contributed by atoms with Crippen molar-refractivity contribution in [3.05, 3.63) is 67.1 Å². The minimum absolute atomic E-state index is 0.106. The molecule has 126 valence electrons. The Hall–Kier alpha value is -2.31. The number of rotatable bonds is 2. The van der Waals surface area contributed by atoms with E-state index >= 15 is 0 Å². The van der Waals surface area contributed by atoms with Gasteiger partial charge in [0, 0.05) is 10.4 Å². The number of aromatic nitrogens is 3. The van der Waals surface area contributed by atoms with Gasteiger partial charge >= 0.3 is 0 Å². The molecule has 4 aromatic rings. The van der Waals surface area contributed by atoms with Crippen LogP contribution in [0.5, 0.6) is 0 Å². The zero-order chi connectivity index (χ0) is 17.6. The maximum atomic E-state index is 12.5. The highest BCUT2D eigenvalue weighted by Crippen LogP contribution is 2.25. The molecule has 0 amide bonds. The van der Waals surface area contributed by atoms with Crippen LogP contribution in [0.2, 0.25) is 0 Å². The van der Waals surface area contributed by atoms with Crippen molar-refractivity contribution in [2.45, 2.75) is 26.2 Å². The molecule has 0 aliphatic carbocycles. The van der Waals surface area contributed by atoms with Crippen molar-refractivity contribution in [2.24, 2.45) is 0 Å². The fourth-order valence-corrected chi connectivity index (χ4v) is 4.21. The second-order valence-electron chi connectivity index (χ2n) is 6.89. The lowest BCUT2D eigenvalue weighted by atomic mass is 9.87. The molecule has 0 aliphatic rings. The topological polar surface area (TPSA) is 47.3 Å². The van der Waals surface area contributed by atoms with Crippen LogP contribution in [0.15, 0.2) is 46.6 Å². The van der Waals surface area contributed by atoms with Crippen LogP contribution in [0.4, 0.5) is 0 Å². The van der Waals surface area contributed by atoms with E-state index in [4.69, 9.17) is 0 Å². The smallest absolute Gasteiger partial charge is 0.266 e. The third-order valence-corrected chi connectivity index (χ3v) is 5.79. The molecule has 3 heterocycles. The maximum Gasteiger partial charge on any atom is 0.291 e. The van der Waals surface area contributed by atoms with Crippen LogP contribution in [0.25, 0.3) is 22.4 Å². The van der Waals surface area contributed by atoms with E-state index in [2.05, 4.69) is 43.0 Å². The van der Waals surface area contributed by atoms with Crippen molar-refractivity contribution >= 4 is 33.7 Å². The Morgan fingerprint density at radius 1 is 1.12 bits per heavy atom. The molecule has 4 rings (SSSR count). The molecule has 25 heavy (non-hydrogen) atoms. The minimum Gasteiger partial charge on any atom is -0.266 e. The normalized spacial score (nSPS) is 13.0. The summed E-state index contributed by atoms with van der Waals surface area (Å²) in [5.74, 6) is 0.589. The van der Waals surface area contributed by atoms with Gasteiger partial charge in [0.2, 0.25) is 4.96 Å². The fraction of sp³-hybridized carbons (Fsp3) is 0.211. The van der Waals surface area contributed by atoms with E-state index in [9.17, 15) is 4.79 Å². The fourth-order valence-electron chi connectivity index (χ4n) is 2.58. The van der Waals surface area contributed by atoms with Crippen molar-refractivity contribution < 1.29 is 0 Å².